The summed E-state index contributed by atoms with van der Waals surface area (Å²) in [5.74, 6) is 0.931. The number of benzene rings is 1. The summed E-state index contributed by atoms with van der Waals surface area (Å²) in [6.45, 7) is 8.51. The average Bonchev–Trinajstić information content (AvgIpc) is 3.07. The molecule has 0 saturated carbocycles. The zero-order valence-corrected chi connectivity index (χ0v) is 18.0. The first-order valence-corrected chi connectivity index (χ1v) is 10.4. The van der Waals surface area contributed by atoms with E-state index in [0.29, 0.717) is 49.3 Å². The van der Waals surface area contributed by atoms with Crippen LogP contribution in [0.4, 0.5) is 5.69 Å². The van der Waals surface area contributed by atoms with Gasteiger partial charge in [0.2, 0.25) is 5.91 Å². The Morgan fingerprint density at radius 2 is 2.07 bits per heavy atom. The minimum Gasteiger partial charge on any atom is -0.490 e. The van der Waals surface area contributed by atoms with Crippen molar-refractivity contribution in [3.05, 3.63) is 41.2 Å². The summed E-state index contributed by atoms with van der Waals surface area (Å²) in [5.41, 5.74) is 3.26. The number of carbonyl (C=O) groups is 2. The number of carbonyl (C=O) groups excluding carboxylic acids is 2. The van der Waals surface area contributed by atoms with Crippen LogP contribution in [0.3, 0.4) is 0 Å². The average molecular weight is 412 g/mol. The SMILES string of the molecule is Cc1cc(C(=O)N2CCN3CC(=O)Nc4cc(C(C)C)ccc4OC[C@@H]3C2)n(C)n1. The van der Waals surface area contributed by atoms with Crippen molar-refractivity contribution in [2.45, 2.75) is 32.7 Å². The summed E-state index contributed by atoms with van der Waals surface area (Å²) in [5, 5.41) is 7.29. The zero-order chi connectivity index (χ0) is 21.4. The highest BCUT2D eigenvalue weighted by molar-refractivity contribution is 5.94. The highest BCUT2D eigenvalue weighted by atomic mass is 16.5. The number of hydrogen-bond donors (Lipinski definition) is 1. The molecule has 0 spiro atoms. The van der Waals surface area contributed by atoms with E-state index in [1.54, 1.807) is 11.7 Å². The van der Waals surface area contributed by atoms with Gasteiger partial charge in [0.1, 0.15) is 18.1 Å². The number of nitrogens with one attached hydrogen (secondary N) is 1. The Hall–Kier alpha value is -2.87. The summed E-state index contributed by atoms with van der Waals surface area (Å²) in [6, 6.07) is 7.70. The summed E-state index contributed by atoms with van der Waals surface area (Å²) in [6.07, 6.45) is 0. The van der Waals surface area contributed by atoms with Gasteiger partial charge in [0.25, 0.3) is 5.91 Å². The van der Waals surface area contributed by atoms with Crippen LogP contribution in [0.1, 0.15) is 41.5 Å². The maximum absolute atomic E-state index is 13.0. The van der Waals surface area contributed by atoms with Crippen LogP contribution in [0.25, 0.3) is 0 Å². The summed E-state index contributed by atoms with van der Waals surface area (Å²) < 4.78 is 7.74. The Labute approximate surface area is 176 Å². The van der Waals surface area contributed by atoms with Gasteiger partial charge in [0.05, 0.1) is 24.0 Å². The Balaban J connectivity index is 1.53. The molecule has 1 atom stereocenters. The van der Waals surface area contributed by atoms with Crippen molar-refractivity contribution < 1.29 is 14.3 Å². The normalized spacial score (nSPS) is 19.8. The van der Waals surface area contributed by atoms with E-state index in [1.165, 1.54) is 0 Å². The van der Waals surface area contributed by atoms with Crippen LogP contribution in [-0.2, 0) is 11.8 Å². The third-order valence-electron chi connectivity index (χ3n) is 5.84. The van der Waals surface area contributed by atoms with Gasteiger partial charge in [-0.3, -0.25) is 19.2 Å². The van der Waals surface area contributed by atoms with Gasteiger partial charge in [-0.15, -0.1) is 0 Å². The molecular formula is C22H29N5O3. The lowest BCUT2D eigenvalue weighted by molar-refractivity contribution is -0.118. The van der Waals surface area contributed by atoms with Gasteiger partial charge in [-0.2, -0.15) is 5.10 Å². The lowest BCUT2D eigenvalue weighted by Gasteiger charge is -2.40. The standard InChI is InChI=1S/C22H29N5O3/c1-14(2)16-5-6-20-18(10-16)23-21(28)12-26-7-8-27(11-17(26)13-30-20)22(29)19-9-15(3)24-25(19)4/h5-6,9-10,14,17H,7-8,11-13H2,1-4H3,(H,23,28)/t17-/m0/s1. The summed E-state index contributed by atoms with van der Waals surface area (Å²) in [4.78, 5) is 29.6. The van der Waals surface area contributed by atoms with Gasteiger partial charge in [0, 0.05) is 26.7 Å². The monoisotopic (exact) mass is 411 g/mol. The molecule has 1 fully saturated rings. The highest BCUT2D eigenvalue weighted by Crippen LogP contribution is 2.30. The minimum absolute atomic E-state index is 0.0379. The summed E-state index contributed by atoms with van der Waals surface area (Å²) in [7, 11) is 1.78. The van der Waals surface area contributed by atoms with Gasteiger partial charge >= 0.3 is 0 Å². The molecule has 3 heterocycles. The molecule has 1 aromatic heterocycles. The number of nitrogens with zero attached hydrogens (tertiary/aromatic N) is 4. The minimum atomic E-state index is -0.0605. The molecule has 0 bridgehead atoms. The van der Waals surface area contributed by atoms with Crippen LogP contribution in [0.15, 0.2) is 24.3 Å². The quantitative estimate of drug-likeness (QED) is 0.818. The van der Waals surface area contributed by atoms with Crippen LogP contribution in [-0.4, -0.2) is 70.2 Å². The molecule has 0 radical (unpaired) electrons. The smallest absolute Gasteiger partial charge is 0.272 e. The molecule has 8 nitrogen and oxygen atoms in total. The number of fused-ring (bicyclic) bond motifs is 2. The van der Waals surface area contributed by atoms with Gasteiger partial charge in [-0.25, -0.2) is 0 Å². The van der Waals surface area contributed by atoms with E-state index in [9.17, 15) is 9.59 Å². The van der Waals surface area contributed by atoms with E-state index in [4.69, 9.17) is 4.74 Å². The van der Waals surface area contributed by atoms with Gasteiger partial charge in [-0.05, 0) is 36.6 Å². The number of aromatic nitrogens is 2. The Kier molecular flexibility index (Phi) is 5.51. The molecular weight excluding hydrogens is 382 g/mol. The van der Waals surface area contributed by atoms with Crippen molar-refractivity contribution in [1.29, 1.82) is 0 Å². The maximum atomic E-state index is 13.0. The molecule has 160 valence electrons. The second-order valence-corrected chi connectivity index (χ2v) is 8.44. The number of hydrogen-bond acceptors (Lipinski definition) is 5. The molecule has 0 unspecified atom stereocenters. The number of aryl methyl sites for hydroxylation is 2. The van der Waals surface area contributed by atoms with Gasteiger partial charge in [-0.1, -0.05) is 19.9 Å². The van der Waals surface area contributed by atoms with E-state index in [0.717, 1.165) is 11.3 Å². The van der Waals surface area contributed by atoms with Gasteiger partial charge < -0.3 is 15.0 Å². The van der Waals surface area contributed by atoms with E-state index in [2.05, 4.69) is 29.2 Å². The number of amides is 2. The Bertz CT molecular complexity index is 968. The van der Waals surface area contributed by atoms with E-state index in [1.807, 2.05) is 36.1 Å². The molecule has 2 aliphatic rings. The van der Waals surface area contributed by atoms with Crippen LogP contribution < -0.4 is 10.1 Å². The fraction of sp³-hybridized carbons (Fsp3) is 0.500. The number of piperazine rings is 1. The van der Waals surface area contributed by atoms with E-state index in [-0.39, 0.29) is 24.4 Å². The van der Waals surface area contributed by atoms with E-state index >= 15 is 0 Å². The predicted molar refractivity (Wildman–Crippen MR) is 114 cm³/mol. The number of anilines is 1. The summed E-state index contributed by atoms with van der Waals surface area (Å²) >= 11 is 0. The molecule has 30 heavy (non-hydrogen) atoms. The van der Waals surface area contributed by atoms with Gasteiger partial charge in [0.15, 0.2) is 0 Å². The van der Waals surface area contributed by atoms with Crippen LogP contribution in [0, 0.1) is 6.92 Å². The van der Waals surface area contributed by atoms with E-state index < -0.39 is 0 Å². The largest absolute Gasteiger partial charge is 0.490 e. The molecule has 2 aliphatic heterocycles. The lowest BCUT2D eigenvalue weighted by atomic mass is 10.0. The predicted octanol–water partition coefficient (Wildman–Crippen LogP) is 2.01. The topological polar surface area (TPSA) is 79.7 Å². The lowest BCUT2D eigenvalue weighted by Crippen LogP contribution is -2.58. The molecule has 1 saturated heterocycles. The fourth-order valence-corrected chi connectivity index (χ4v) is 4.11. The molecule has 2 aromatic rings. The molecule has 0 aliphatic carbocycles. The molecule has 1 N–H and O–H groups in total. The molecule has 4 rings (SSSR count). The second kappa shape index (κ2) is 8.10. The molecule has 8 heteroatoms. The Morgan fingerprint density at radius 3 is 2.77 bits per heavy atom. The first-order valence-electron chi connectivity index (χ1n) is 10.4. The molecule has 1 aromatic carbocycles. The van der Waals surface area contributed by atoms with Crippen LogP contribution in [0.2, 0.25) is 0 Å². The maximum Gasteiger partial charge on any atom is 0.272 e. The Morgan fingerprint density at radius 1 is 1.27 bits per heavy atom. The van der Waals surface area contributed by atoms with Crippen molar-refractivity contribution in [1.82, 2.24) is 19.6 Å². The van der Waals surface area contributed by atoms with Crippen molar-refractivity contribution in [2.24, 2.45) is 7.05 Å². The van der Waals surface area contributed by atoms with Crippen molar-refractivity contribution in [2.75, 3.05) is 38.1 Å². The van der Waals surface area contributed by atoms with Crippen molar-refractivity contribution in [3.8, 4) is 5.75 Å². The number of rotatable bonds is 2. The second-order valence-electron chi connectivity index (χ2n) is 8.44. The first kappa shape index (κ1) is 20.4. The van der Waals surface area contributed by atoms with Crippen molar-refractivity contribution >= 4 is 17.5 Å². The zero-order valence-electron chi connectivity index (χ0n) is 18.0. The third kappa shape index (κ3) is 4.05. The van der Waals surface area contributed by atoms with Crippen LogP contribution in [0.5, 0.6) is 5.75 Å². The highest BCUT2D eigenvalue weighted by Gasteiger charge is 2.33. The molecule has 2 amide bonds. The van der Waals surface area contributed by atoms with Crippen LogP contribution >= 0.6 is 0 Å². The number of ether oxygens (including phenoxy) is 1. The fourth-order valence-electron chi connectivity index (χ4n) is 4.11. The van der Waals surface area contributed by atoms with Crippen molar-refractivity contribution in [3.63, 3.8) is 0 Å². The third-order valence-corrected chi connectivity index (χ3v) is 5.84. The first-order chi connectivity index (χ1) is 14.3.